The van der Waals surface area contributed by atoms with Crippen molar-refractivity contribution in [3.63, 3.8) is 0 Å². The Hall–Kier alpha value is -1.07. The molecule has 0 radical (unpaired) electrons. The van der Waals surface area contributed by atoms with Gasteiger partial charge in [0, 0.05) is 25.2 Å². The molecule has 0 aliphatic carbocycles. The van der Waals surface area contributed by atoms with Crippen LogP contribution in [0.15, 0.2) is 10.6 Å². The topological polar surface area (TPSA) is 72.4 Å². The maximum atomic E-state index is 12.3. The summed E-state index contributed by atoms with van der Waals surface area (Å²) < 4.78 is 5.03. The Labute approximate surface area is 113 Å². The number of hydrogen-bond donors (Lipinski definition) is 1. The van der Waals surface area contributed by atoms with Gasteiger partial charge in [0.25, 0.3) is 5.91 Å². The standard InChI is InChI=1S/C12H19N3O2.ClH/c1-8-4-3-5-15(10(8)7-13)12(16)11-6-9(2)14-17-11;/h6,8,10H,3-5,7,13H2,1-2H3;1H. The fourth-order valence-corrected chi connectivity index (χ4v) is 2.47. The quantitative estimate of drug-likeness (QED) is 0.888. The van der Waals surface area contributed by atoms with Crippen LogP contribution in [0.25, 0.3) is 0 Å². The van der Waals surface area contributed by atoms with Gasteiger partial charge in [0.05, 0.1) is 5.69 Å². The Morgan fingerprint density at radius 1 is 1.67 bits per heavy atom. The SMILES string of the molecule is Cc1cc(C(=O)N2CCCC(C)C2CN)on1.Cl. The number of nitrogens with zero attached hydrogens (tertiary/aromatic N) is 2. The molecule has 1 saturated heterocycles. The lowest BCUT2D eigenvalue weighted by Crippen LogP contribution is -2.51. The maximum Gasteiger partial charge on any atom is 0.292 e. The number of amides is 1. The summed E-state index contributed by atoms with van der Waals surface area (Å²) in [6, 6.07) is 1.79. The Morgan fingerprint density at radius 2 is 2.39 bits per heavy atom. The largest absolute Gasteiger partial charge is 0.351 e. The number of aryl methyl sites for hydroxylation is 1. The molecule has 1 aliphatic rings. The first-order valence-electron chi connectivity index (χ1n) is 6.08. The number of piperidine rings is 1. The molecule has 0 aromatic carbocycles. The minimum Gasteiger partial charge on any atom is -0.351 e. The van der Waals surface area contributed by atoms with E-state index in [1.54, 1.807) is 13.0 Å². The molecule has 1 aliphatic heterocycles. The molecule has 0 bridgehead atoms. The predicted octanol–water partition coefficient (Wildman–Crippen LogP) is 1.60. The lowest BCUT2D eigenvalue weighted by molar-refractivity contribution is 0.0492. The Kier molecular flexibility index (Phi) is 5.16. The average molecular weight is 274 g/mol. The highest BCUT2D eigenvalue weighted by molar-refractivity contribution is 5.91. The number of hydrogen-bond acceptors (Lipinski definition) is 4. The van der Waals surface area contributed by atoms with Crippen LogP contribution in [0.4, 0.5) is 0 Å². The molecular formula is C12H20ClN3O2. The molecule has 1 aromatic rings. The zero-order valence-corrected chi connectivity index (χ0v) is 11.6. The van der Waals surface area contributed by atoms with Crippen molar-refractivity contribution >= 4 is 18.3 Å². The number of halogens is 1. The Balaban J connectivity index is 0.00000162. The minimum atomic E-state index is -0.0902. The molecule has 6 heteroatoms. The Morgan fingerprint density at radius 3 is 2.94 bits per heavy atom. The van der Waals surface area contributed by atoms with Crippen LogP contribution in [0.5, 0.6) is 0 Å². The van der Waals surface area contributed by atoms with Crippen LogP contribution in [0.1, 0.15) is 36.0 Å². The van der Waals surface area contributed by atoms with E-state index in [1.165, 1.54) is 0 Å². The molecule has 1 aromatic heterocycles. The van der Waals surface area contributed by atoms with Crippen LogP contribution in [0.2, 0.25) is 0 Å². The summed E-state index contributed by atoms with van der Waals surface area (Å²) in [4.78, 5) is 14.1. The number of carbonyl (C=O) groups excluding carboxylic acids is 1. The molecule has 2 unspecified atom stereocenters. The van der Waals surface area contributed by atoms with Gasteiger partial charge >= 0.3 is 0 Å². The molecule has 2 rings (SSSR count). The second-order valence-electron chi connectivity index (χ2n) is 4.75. The van der Waals surface area contributed by atoms with E-state index in [9.17, 15) is 4.79 Å². The van der Waals surface area contributed by atoms with E-state index in [-0.39, 0.29) is 24.4 Å². The lowest BCUT2D eigenvalue weighted by atomic mass is 9.90. The molecule has 2 N–H and O–H groups in total. The van der Waals surface area contributed by atoms with Gasteiger partial charge in [0.1, 0.15) is 0 Å². The Bertz CT molecular complexity index is 408. The number of aromatic nitrogens is 1. The molecule has 1 fully saturated rings. The van der Waals surface area contributed by atoms with Crippen molar-refractivity contribution in [2.24, 2.45) is 11.7 Å². The summed E-state index contributed by atoms with van der Waals surface area (Å²) in [7, 11) is 0. The highest BCUT2D eigenvalue weighted by Gasteiger charge is 2.32. The smallest absolute Gasteiger partial charge is 0.292 e. The monoisotopic (exact) mass is 273 g/mol. The third-order valence-electron chi connectivity index (χ3n) is 3.46. The van der Waals surface area contributed by atoms with Crippen LogP contribution in [0.3, 0.4) is 0 Å². The van der Waals surface area contributed by atoms with Crippen molar-refractivity contribution in [2.45, 2.75) is 32.7 Å². The third-order valence-corrected chi connectivity index (χ3v) is 3.46. The zero-order chi connectivity index (χ0) is 12.4. The van der Waals surface area contributed by atoms with Crippen LogP contribution in [0, 0.1) is 12.8 Å². The maximum absolute atomic E-state index is 12.3. The molecule has 2 atom stereocenters. The second kappa shape index (κ2) is 6.20. The first-order valence-corrected chi connectivity index (χ1v) is 6.08. The summed E-state index contributed by atoms with van der Waals surface area (Å²) in [5, 5.41) is 3.75. The zero-order valence-electron chi connectivity index (χ0n) is 10.8. The number of rotatable bonds is 2. The summed E-state index contributed by atoms with van der Waals surface area (Å²) >= 11 is 0. The molecule has 0 saturated carbocycles. The predicted molar refractivity (Wildman–Crippen MR) is 70.8 cm³/mol. The van der Waals surface area contributed by atoms with E-state index >= 15 is 0 Å². The van der Waals surface area contributed by atoms with E-state index in [4.69, 9.17) is 10.3 Å². The number of carbonyl (C=O) groups is 1. The van der Waals surface area contributed by atoms with E-state index in [1.807, 2.05) is 4.90 Å². The van der Waals surface area contributed by atoms with E-state index < -0.39 is 0 Å². The summed E-state index contributed by atoms with van der Waals surface area (Å²) in [6.07, 6.45) is 2.15. The highest BCUT2D eigenvalue weighted by Crippen LogP contribution is 2.24. The van der Waals surface area contributed by atoms with Crippen LogP contribution in [-0.4, -0.2) is 35.1 Å². The first-order chi connectivity index (χ1) is 8.13. The molecule has 2 heterocycles. The van der Waals surface area contributed by atoms with Gasteiger partial charge in [-0.25, -0.2) is 0 Å². The van der Waals surface area contributed by atoms with Gasteiger partial charge in [0.15, 0.2) is 0 Å². The first kappa shape index (κ1) is 15.0. The van der Waals surface area contributed by atoms with Gasteiger partial charge < -0.3 is 15.2 Å². The van der Waals surface area contributed by atoms with Crippen molar-refractivity contribution in [2.75, 3.05) is 13.1 Å². The normalized spacial score (nSPS) is 23.6. The molecule has 102 valence electrons. The van der Waals surface area contributed by atoms with Gasteiger partial charge in [-0.15, -0.1) is 12.4 Å². The average Bonchev–Trinajstić information content (AvgIpc) is 2.74. The molecule has 5 nitrogen and oxygen atoms in total. The van der Waals surface area contributed by atoms with Gasteiger partial charge in [-0.1, -0.05) is 12.1 Å². The third kappa shape index (κ3) is 2.84. The minimum absolute atomic E-state index is 0. The summed E-state index contributed by atoms with van der Waals surface area (Å²) in [5.41, 5.74) is 6.49. The van der Waals surface area contributed by atoms with Gasteiger partial charge in [-0.05, 0) is 25.7 Å². The van der Waals surface area contributed by atoms with Crippen molar-refractivity contribution in [3.05, 3.63) is 17.5 Å². The molecule has 18 heavy (non-hydrogen) atoms. The van der Waals surface area contributed by atoms with Crippen molar-refractivity contribution < 1.29 is 9.32 Å². The summed E-state index contributed by atoms with van der Waals surface area (Å²) in [5.74, 6) is 0.671. The number of nitrogens with two attached hydrogens (primary N) is 1. The number of likely N-dealkylation sites (tertiary alicyclic amines) is 1. The van der Waals surface area contributed by atoms with Crippen molar-refractivity contribution in [1.82, 2.24) is 10.1 Å². The second-order valence-corrected chi connectivity index (χ2v) is 4.75. The van der Waals surface area contributed by atoms with Gasteiger partial charge in [-0.2, -0.15) is 0 Å². The van der Waals surface area contributed by atoms with E-state index in [0.29, 0.717) is 18.2 Å². The van der Waals surface area contributed by atoms with Crippen LogP contribution in [-0.2, 0) is 0 Å². The van der Waals surface area contributed by atoms with Crippen molar-refractivity contribution in [3.8, 4) is 0 Å². The lowest BCUT2D eigenvalue weighted by Gasteiger charge is -2.38. The van der Waals surface area contributed by atoms with Gasteiger partial charge in [-0.3, -0.25) is 4.79 Å². The van der Waals surface area contributed by atoms with Crippen LogP contribution < -0.4 is 5.73 Å². The molecule has 0 spiro atoms. The van der Waals surface area contributed by atoms with Crippen LogP contribution >= 0.6 is 12.4 Å². The van der Waals surface area contributed by atoms with Gasteiger partial charge in [0.2, 0.25) is 5.76 Å². The summed E-state index contributed by atoms with van der Waals surface area (Å²) in [6.45, 7) is 5.20. The highest BCUT2D eigenvalue weighted by atomic mass is 35.5. The van der Waals surface area contributed by atoms with E-state index in [2.05, 4.69) is 12.1 Å². The fraction of sp³-hybridized carbons (Fsp3) is 0.667. The van der Waals surface area contributed by atoms with Crippen molar-refractivity contribution in [1.29, 1.82) is 0 Å². The molecular weight excluding hydrogens is 254 g/mol. The fourth-order valence-electron chi connectivity index (χ4n) is 2.47. The van der Waals surface area contributed by atoms with E-state index in [0.717, 1.165) is 25.1 Å². The molecule has 1 amide bonds.